The molecule has 1 aromatic rings. The summed E-state index contributed by atoms with van der Waals surface area (Å²) in [5.41, 5.74) is 0.746. The number of carbonyl (C=O) groups excluding carboxylic acids is 3. The Labute approximate surface area is 236 Å². The Morgan fingerprint density at radius 1 is 1.27 bits per heavy atom. The molecule has 2 atom stereocenters. The first kappa shape index (κ1) is 31.9. The van der Waals surface area contributed by atoms with Crippen molar-refractivity contribution < 1.29 is 42.1 Å². The van der Waals surface area contributed by atoms with Crippen molar-refractivity contribution in [3.05, 3.63) is 41.2 Å². The van der Waals surface area contributed by atoms with E-state index in [4.69, 9.17) is 14.6 Å². The molecule has 11 nitrogen and oxygen atoms in total. The molecule has 2 amide bonds. The van der Waals surface area contributed by atoms with E-state index in [1.165, 1.54) is 16.8 Å². The summed E-state index contributed by atoms with van der Waals surface area (Å²) in [7, 11) is 4.80. The van der Waals surface area contributed by atoms with Gasteiger partial charge in [-0.1, -0.05) is 12.1 Å². The van der Waals surface area contributed by atoms with Crippen molar-refractivity contribution in [2.24, 2.45) is 4.99 Å². The topological polar surface area (TPSA) is 124 Å². The number of nitrogens with zero attached hydrogens (tertiary/aromatic N) is 4. The van der Waals surface area contributed by atoms with Crippen LogP contribution in [0.25, 0.3) is 0 Å². The molecule has 1 fully saturated rings. The van der Waals surface area contributed by atoms with Crippen LogP contribution < -0.4 is 10.1 Å². The number of ether oxygens (including phenoxy) is 2. The van der Waals surface area contributed by atoms with Crippen molar-refractivity contribution in [1.82, 2.24) is 20.0 Å². The molecule has 2 aliphatic rings. The predicted octanol–water partition coefficient (Wildman–Crippen LogP) is 1.32. The van der Waals surface area contributed by atoms with Gasteiger partial charge in [-0.15, -0.1) is 0 Å². The number of hydrogen-bond donors (Lipinski definition) is 2. The molecule has 0 radical (unpaired) electrons. The van der Waals surface area contributed by atoms with Crippen molar-refractivity contribution >= 4 is 23.9 Å². The number of amides is 2. The van der Waals surface area contributed by atoms with Crippen LogP contribution in [0.3, 0.4) is 0 Å². The van der Waals surface area contributed by atoms with Gasteiger partial charge in [-0.2, -0.15) is 13.2 Å². The van der Waals surface area contributed by atoms with Crippen LogP contribution in [-0.4, -0.2) is 116 Å². The first-order valence-electron chi connectivity index (χ1n) is 13.1. The average molecular weight is 584 g/mol. The SMILES string of the molecule is COc1cccc(CN(C)C(C)=NC2=C(C=O)[C@H](OCC(F)(F)F)C(C(=O)NC3CCN(C(=O)CO)CC3)N2C)c1. The molecule has 1 aromatic carbocycles. The molecular weight excluding hydrogens is 547 g/mol. The van der Waals surface area contributed by atoms with E-state index in [2.05, 4.69) is 10.3 Å². The van der Waals surface area contributed by atoms with Crippen LogP contribution in [0.2, 0.25) is 0 Å². The smallest absolute Gasteiger partial charge is 0.411 e. The third-order valence-electron chi connectivity index (χ3n) is 7.13. The molecule has 226 valence electrons. The molecule has 0 bridgehead atoms. The molecule has 0 spiro atoms. The Balaban J connectivity index is 1.82. The third kappa shape index (κ3) is 8.19. The first-order chi connectivity index (χ1) is 19.4. The van der Waals surface area contributed by atoms with Gasteiger partial charge >= 0.3 is 6.18 Å². The van der Waals surface area contributed by atoms with E-state index < -0.39 is 43.4 Å². The number of rotatable bonds is 10. The van der Waals surface area contributed by atoms with Crippen LogP contribution in [-0.2, 0) is 25.7 Å². The highest BCUT2D eigenvalue weighted by atomic mass is 19.4. The summed E-state index contributed by atoms with van der Waals surface area (Å²) in [6.07, 6.45) is -5.02. The number of methoxy groups -OCH3 is 1. The van der Waals surface area contributed by atoms with Crippen LogP contribution in [0, 0.1) is 0 Å². The normalized spacial score (nSPS) is 20.3. The molecule has 1 unspecified atom stereocenters. The maximum absolute atomic E-state index is 13.4. The Morgan fingerprint density at radius 3 is 2.54 bits per heavy atom. The van der Waals surface area contributed by atoms with Gasteiger partial charge in [-0.25, -0.2) is 4.99 Å². The minimum absolute atomic E-state index is 0.0330. The summed E-state index contributed by atoms with van der Waals surface area (Å²) in [5.74, 6) is 0.117. The van der Waals surface area contributed by atoms with Gasteiger partial charge in [0, 0.05) is 39.8 Å². The second-order valence-corrected chi connectivity index (χ2v) is 9.99. The summed E-state index contributed by atoms with van der Waals surface area (Å²) in [6.45, 7) is 0.467. The van der Waals surface area contributed by atoms with Crippen molar-refractivity contribution in [2.45, 2.75) is 50.7 Å². The highest BCUT2D eigenvalue weighted by Crippen LogP contribution is 2.32. The van der Waals surface area contributed by atoms with Crippen molar-refractivity contribution in [3.8, 4) is 5.75 Å². The number of benzene rings is 1. The zero-order valence-electron chi connectivity index (χ0n) is 23.5. The molecule has 0 saturated carbocycles. The van der Waals surface area contributed by atoms with Crippen LogP contribution >= 0.6 is 0 Å². The molecule has 3 rings (SSSR count). The van der Waals surface area contributed by atoms with Crippen LogP contribution in [0.5, 0.6) is 5.75 Å². The number of aliphatic hydroxyl groups is 1. The Kier molecular flexibility index (Phi) is 10.7. The Bertz CT molecular complexity index is 1170. The van der Waals surface area contributed by atoms with E-state index in [1.54, 1.807) is 26.0 Å². The second kappa shape index (κ2) is 13.8. The number of likely N-dealkylation sites (N-methyl/N-ethyl adjacent to an activating group) is 1. The Morgan fingerprint density at radius 2 is 1.95 bits per heavy atom. The lowest BCUT2D eigenvalue weighted by atomic mass is 10.0. The van der Waals surface area contributed by atoms with E-state index in [0.29, 0.717) is 50.3 Å². The van der Waals surface area contributed by atoms with Crippen molar-refractivity contribution in [1.29, 1.82) is 0 Å². The maximum Gasteiger partial charge on any atom is 0.411 e. The molecule has 0 aliphatic carbocycles. The number of aliphatic imine (C=N–C) groups is 1. The number of aliphatic hydroxyl groups excluding tert-OH is 1. The zero-order chi connectivity index (χ0) is 30.3. The van der Waals surface area contributed by atoms with Crippen LogP contribution in [0.1, 0.15) is 25.3 Å². The van der Waals surface area contributed by atoms with Gasteiger partial charge in [-0.05, 0) is 37.5 Å². The lowest BCUT2D eigenvalue weighted by Gasteiger charge is -2.34. The van der Waals surface area contributed by atoms with Crippen molar-refractivity contribution in [2.75, 3.05) is 47.5 Å². The molecule has 41 heavy (non-hydrogen) atoms. The quantitative estimate of drug-likeness (QED) is 0.240. The fourth-order valence-corrected chi connectivity index (χ4v) is 4.84. The van der Waals surface area contributed by atoms with Gasteiger partial charge in [0.25, 0.3) is 0 Å². The minimum atomic E-state index is -4.68. The van der Waals surface area contributed by atoms with E-state index in [1.807, 2.05) is 24.3 Å². The molecule has 2 heterocycles. The molecule has 2 N–H and O–H groups in total. The fraction of sp³-hybridized carbons (Fsp3) is 0.556. The number of amidine groups is 1. The largest absolute Gasteiger partial charge is 0.497 e. The number of hydrogen-bond acceptors (Lipinski definition) is 8. The van der Waals surface area contributed by atoms with Crippen molar-refractivity contribution in [3.63, 3.8) is 0 Å². The molecular formula is C27H36F3N5O6. The number of alkyl halides is 3. The van der Waals surface area contributed by atoms with E-state index >= 15 is 0 Å². The average Bonchev–Trinajstić information content (AvgIpc) is 3.21. The zero-order valence-corrected chi connectivity index (χ0v) is 23.5. The highest BCUT2D eigenvalue weighted by molar-refractivity contribution is 5.90. The standard InChI is InChI=1S/C27H36F3N5O6/c1-17(33(2)13-18-6-5-7-20(12-18)40-4)31-25-21(14-36)24(41-16-27(28,29)30)23(34(25)3)26(39)32-19-8-10-35(11-9-19)22(38)15-37/h5-7,12,14,19,23-24,37H,8-11,13,15-16H2,1-4H3,(H,32,39)/t23?,24-/m0/s1. The predicted molar refractivity (Wildman–Crippen MR) is 143 cm³/mol. The van der Waals surface area contributed by atoms with Gasteiger partial charge in [0.05, 0.1) is 12.7 Å². The van der Waals surface area contributed by atoms with Gasteiger partial charge in [0.1, 0.15) is 42.8 Å². The molecule has 14 heteroatoms. The summed E-state index contributed by atoms with van der Waals surface area (Å²) < 4.78 is 49.7. The van der Waals surface area contributed by atoms with Gasteiger partial charge in [0.2, 0.25) is 11.8 Å². The van der Waals surface area contributed by atoms with Gasteiger partial charge in [0.15, 0.2) is 6.29 Å². The van der Waals surface area contributed by atoms with Crippen LogP contribution in [0.4, 0.5) is 13.2 Å². The summed E-state index contributed by atoms with van der Waals surface area (Å²) >= 11 is 0. The summed E-state index contributed by atoms with van der Waals surface area (Å²) in [4.78, 5) is 46.5. The fourth-order valence-electron chi connectivity index (χ4n) is 4.84. The van der Waals surface area contributed by atoms with Gasteiger partial charge in [-0.3, -0.25) is 14.4 Å². The Hall–Kier alpha value is -3.65. The van der Waals surface area contributed by atoms with E-state index in [0.717, 1.165) is 5.56 Å². The number of piperidine rings is 1. The molecule has 1 saturated heterocycles. The number of nitrogens with one attached hydrogen (secondary N) is 1. The number of carbonyl (C=O) groups is 3. The molecule has 2 aliphatic heterocycles. The van der Waals surface area contributed by atoms with E-state index in [-0.39, 0.29) is 17.4 Å². The minimum Gasteiger partial charge on any atom is -0.497 e. The van der Waals surface area contributed by atoms with E-state index in [9.17, 15) is 27.6 Å². The summed E-state index contributed by atoms with van der Waals surface area (Å²) in [6, 6.07) is 5.76. The third-order valence-corrected chi connectivity index (χ3v) is 7.13. The second-order valence-electron chi connectivity index (χ2n) is 9.99. The monoisotopic (exact) mass is 583 g/mol. The molecule has 0 aromatic heterocycles. The van der Waals surface area contributed by atoms with Gasteiger partial charge < -0.3 is 34.6 Å². The first-order valence-corrected chi connectivity index (χ1v) is 13.1. The number of likely N-dealkylation sites (tertiary alicyclic amines) is 1. The number of aldehydes is 1. The highest BCUT2D eigenvalue weighted by Gasteiger charge is 2.46. The van der Waals surface area contributed by atoms with Crippen LogP contribution in [0.15, 0.2) is 40.7 Å². The summed E-state index contributed by atoms with van der Waals surface area (Å²) in [5, 5.41) is 11.9. The number of halogens is 3. The lowest BCUT2D eigenvalue weighted by Crippen LogP contribution is -2.54. The maximum atomic E-state index is 13.4. The lowest BCUT2D eigenvalue weighted by molar-refractivity contribution is -0.185.